The molecule has 0 aromatic heterocycles. The van der Waals surface area contributed by atoms with Crippen molar-refractivity contribution < 1.29 is 34.1 Å². The van der Waals surface area contributed by atoms with Crippen LogP contribution < -0.4 is 15.4 Å². The van der Waals surface area contributed by atoms with Crippen LogP contribution in [-0.2, 0) is 19.8 Å². The molecule has 186 valence electrons. The number of Topliss-reactive ketones (excluding diaryl/α,β-unsaturated/α-hetero) is 2. The zero-order valence-corrected chi connectivity index (χ0v) is 20.3. The molecule has 4 rings (SSSR count). The van der Waals surface area contributed by atoms with E-state index in [4.69, 9.17) is 4.74 Å². The third kappa shape index (κ3) is 3.88. The van der Waals surface area contributed by atoms with Crippen LogP contribution in [-0.4, -0.2) is 46.1 Å². The van der Waals surface area contributed by atoms with E-state index < -0.39 is 28.5 Å². The van der Waals surface area contributed by atoms with Gasteiger partial charge in [-0.25, -0.2) is 0 Å². The molecule has 1 fully saturated rings. The number of nitrogens with one attached hydrogen (secondary N) is 2. The molecule has 0 unspecified atom stereocenters. The van der Waals surface area contributed by atoms with Gasteiger partial charge in [0.25, 0.3) is 0 Å². The first-order valence-corrected chi connectivity index (χ1v) is 11.8. The van der Waals surface area contributed by atoms with Gasteiger partial charge in [-0.2, -0.15) is 0 Å². The van der Waals surface area contributed by atoms with Crippen molar-refractivity contribution in [2.24, 2.45) is 0 Å². The standard InChI is InChI=1S/C26H30N2O7/c1-12-22(32)20(14(3)29)24-21(23(12)33)26(4)17(35-24)10-16(30)19(25(26)34)13(2)27-11-18(31)28-15-8-6-5-7-9-15/h10,15,27,32-33H,5-9,11H2,1-4H3,(H,28,31)/b19-13+/t26-/m0/s1. The maximum atomic E-state index is 13.7. The fourth-order valence-electron chi connectivity index (χ4n) is 5.19. The second-order valence-corrected chi connectivity index (χ2v) is 9.64. The van der Waals surface area contributed by atoms with Crippen LogP contribution in [0.5, 0.6) is 17.2 Å². The van der Waals surface area contributed by atoms with Gasteiger partial charge in [-0.1, -0.05) is 19.3 Å². The summed E-state index contributed by atoms with van der Waals surface area (Å²) in [5.41, 5.74) is -1.62. The van der Waals surface area contributed by atoms with Crippen molar-refractivity contribution in [1.82, 2.24) is 10.6 Å². The molecule has 9 nitrogen and oxygen atoms in total. The number of ether oxygens (including phenoxy) is 1. The molecule has 1 aromatic carbocycles. The highest BCUT2D eigenvalue weighted by molar-refractivity contribution is 6.31. The Morgan fingerprint density at radius 2 is 1.77 bits per heavy atom. The van der Waals surface area contributed by atoms with Gasteiger partial charge >= 0.3 is 0 Å². The molecule has 3 aliphatic rings. The number of phenols is 2. The summed E-state index contributed by atoms with van der Waals surface area (Å²) in [4.78, 5) is 51.3. The number of benzene rings is 1. The first kappa shape index (κ1) is 24.5. The molecule has 1 aromatic rings. The normalized spacial score (nSPS) is 23.1. The van der Waals surface area contributed by atoms with Crippen LogP contribution in [0.2, 0.25) is 0 Å². The van der Waals surface area contributed by atoms with Gasteiger partial charge in [-0.05, 0) is 40.5 Å². The van der Waals surface area contributed by atoms with Crippen LogP contribution in [0.3, 0.4) is 0 Å². The molecule has 1 aliphatic heterocycles. The first-order chi connectivity index (χ1) is 16.5. The summed E-state index contributed by atoms with van der Waals surface area (Å²) < 4.78 is 5.75. The number of aromatic hydroxyl groups is 2. The number of ketones is 3. The summed E-state index contributed by atoms with van der Waals surface area (Å²) in [6, 6.07) is 0.138. The summed E-state index contributed by atoms with van der Waals surface area (Å²) in [5, 5.41) is 27.2. The number of carbonyl (C=O) groups excluding carboxylic acids is 4. The molecular weight excluding hydrogens is 452 g/mol. The number of phenolic OH excluding ortho intramolecular Hbond substituents is 2. The minimum Gasteiger partial charge on any atom is -0.507 e. The minimum absolute atomic E-state index is 0.0297. The Morgan fingerprint density at radius 3 is 2.40 bits per heavy atom. The van der Waals surface area contributed by atoms with Crippen LogP contribution in [0, 0.1) is 6.92 Å². The summed E-state index contributed by atoms with van der Waals surface area (Å²) in [5.74, 6) is -2.96. The molecule has 1 saturated carbocycles. The fourth-order valence-corrected chi connectivity index (χ4v) is 5.19. The van der Waals surface area contributed by atoms with E-state index in [9.17, 15) is 29.4 Å². The van der Waals surface area contributed by atoms with E-state index in [0.29, 0.717) is 0 Å². The van der Waals surface area contributed by atoms with Crippen molar-refractivity contribution in [3.8, 4) is 17.2 Å². The lowest BCUT2D eigenvalue weighted by atomic mass is 9.70. The number of hydrogen-bond donors (Lipinski definition) is 4. The Morgan fingerprint density at radius 1 is 1.11 bits per heavy atom. The molecule has 2 aliphatic carbocycles. The average Bonchev–Trinajstić information content (AvgIpc) is 3.09. The number of amides is 1. The number of carbonyl (C=O) groups is 4. The van der Waals surface area contributed by atoms with Gasteiger partial charge in [0.05, 0.1) is 17.7 Å². The number of allylic oxidation sites excluding steroid dienone is 4. The highest BCUT2D eigenvalue weighted by Crippen LogP contribution is 2.57. The summed E-state index contributed by atoms with van der Waals surface area (Å²) in [7, 11) is 0. The second-order valence-electron chi connectivity index (χ2n) is 9.64. The average molecular weight is 483 g/mol. The number of hydrogen-bond acceptors (Lipinski definition) is 8. The molecule has 1 atom stereocenters. The quantitative estimate of drug-likeness (QED) is 0.285. The second kappa shape index (κ2) is 8.87. The van der Waals surface area contributed by atoms with E-state index in [0.717, 1.165) is 31.8 Å². The van der Waals surface area contributed by atoms with Gasteiger partial charge < -0.3 is 25.6 Å². The van der Waals surface area contributed by atoms with Gasteiger partial charge in [0.1, 0.15) is 34.0 Å². The van der Waals surface area contributed by atoms with Crippen LogP contribution in [0.25, 0.3) is 0 Å². The van der Waals surface area contributed by atoms with Gasteiger partial charge in [0.15, 0.2) is 17.3 Å². The van der Waals surface area contributed by atoms with Crippen molar-refractivity contribution in [2.45, 2.75) is 71.3 Å². The van der Waals surface area contributed by atoms with Crippen LogP contribution in [0.1, 0.15) is 74.4 Å². The zero-order chi connectivity index (χ0) is 25.7. The van der Waals surface area contributed by atoms with Crippen molar-refractivity contribution in [3.05, 3.63) is 39.8 Å². The lowest BCUT2D eigenvalue weighted by molar-refractivity contribution is -0.124. The zero-order valence-electron chi connectivity index (χ0n) is 20.3. The van der Waals surface area contributed by atoms with E-state index in [2.05, 4.69) is 10.6 Å². The van der Waals surface area contributed by atoms with E-state index in [-0.39, 0.29) is 63.7 Å². The third-order valence-electron chi connectivity index (χ3n) is 7.24. The van der Waals surface area contributed by atoms with Crippen molar-refractivity contribution in [2.75, 3.05) is 6.54 Å². The van der Waals surface area contributed by atoms with E-state index >= 15 is 0 Å². The Kier molecular flexibility index (Phi) is 6.21. The number of rotatable bonds is 5. The molecule has 35 heavy (non-hydrogen) atoms. The van der Waals surface area contributed by atoms with Gasteiger partial charge in [0.2, 0.25) is 5.91 Å². The molecule has 0 bridgehead atoms. The predicted molar refractivity (Wildman–Crippen MR) is 126 cm³/mol. The Balaban J connectivity index is 1.67. The van der Waals surface area contributed by atoms with Crippen LogP contribution in [0.15, 0.2) is 23.1 Å². The lowest BCUT2D eigenvalue weighted by Crippen LogP contribution is -2.43. The van der Waals surface area contributed by atoms with Crippen molar-refractivity contribution in [1.29, 1.82) is 0 Å². The van der Waals surface area contributed by atoms with Gasteiger partial charge in [-0.15, -0.1) is 0 Å². The SMILES string of the molecule is CC(=O)c1c(O)c(C)c(O)c2c1OC1=CC(=O)/C(=C(/C)NCC(=O)NC3CCCCC3)C(=O)[C@@]12C. The van der Waals surface area contributed by atoms with Crippen molar-refractivity contribution >= 4 is 23.3 Å². The maximum absolute atomic E-state index is 13.7. The monoisotopic (exact) mass is 482 g/mol. The molecule has 1 amide bonds. The van der Waals surface area contributed by atoms with E-state index in [1.54, 1.807) is 6.92 Å². The largest absolute Gasteiger partial charge is 0.507 e. The summed E-state index contributed by atoms with van der Waals surface area (Å²) in [6.07, 6.45) is 6.36. The molecule has 0 saturated heterocycles. The Bertz CT molecular complexity index is 1220. The molecule has 0 spiro atoms. The highest BCUT2D eigenvalue weighted by atomic mass is 16.5. The van der Waals surface area contributed by atoms with Gasteiger partial charge in [-0.3, -0.25) is 19.2 Å². The minimum atomic E-state index is -1.58. The molecule has 9 heteroatoms. The van der Waals surface area contributed by atoms with E-state index in [1.807, 2.05) is 0 Å². The topological polar surface area (TPSA) is 142 Å². The fraction of sp³-hybridized carbons (Fsp3) is 0.462. The molecule has 4 N–H and O–H groups in total. The molecule has 0 radical (unpaired) electrons. The molecular formula is C26H30N2O7. The Hall–Kier alpha value is -3.62. The van der Waals surface area contributed by atoms with Crippen LogP contribution >= 0.6 is 0 Å². The van der Waals surface area contributed by atoms with Crippen LogP contribution in [0.4, 0.5) is 0 Å². The predicted octanol–water partition coefficient (Wildman–Crippen LogP) is 2.61. The Labute approximate surface area is 203 Å². The smallest absolute Gasteiger partial charge is 0.239 e. The summed E-state index contributed by atoms with van der Waals surface area (Å²) >= 11 is 0. The van der Waals surface area contributed by atoms with Crippen molar-refractivity contribution in [3.63, 3.8) is 0 Å². The van der Waals surface area contributed by atoms with Gasteiger partial charge in [0, 0.05) is 23.4 Å². The molecule has 1 heterocycles. The van der Waals surface area contributed by atoms with E-state index in [1.165, 1.54) is 27.2 Å². The third-order valence-corrected chi connectivity index (χ3v) is 7.24. The lowest BCUT2D eigenvalue weighted by Gasteiger charge is -2.29. The number of fused-ring (bicyclic) bond motifs is 3. The summed E-state index contributed by atoms with van der Waals surface area (Å²) in [6.45, 7) is 5.61. The first-order valence-electron chi connectivity index (χ1n) is 11.8. The maximum Gasteiger partial charge on any atom is 0.239 e. The highest BCUT2D eigenvalue weighted by Gasteiger charge is 2.56.